The second-order valence-electron chi connectivity index (χ2n) is 5.44. The predicted octanol–water partition coefficient (Wildman–Crippen LogP) is 3.35. The maximum absolute atomic E-state index is 13.8. The van der Waals surface area contributed by atoms with Crippen LogP contribution in [0.25, 0.3) is 0 Å². The molecule has 1 N–H and O–H groups in total. The Balaban J connectivity index is 2.04. The molecular formula is C14H19FN2O3. The number of halogens is 1. The highest BCUT2D eigenvalue weighted by atomic mass is 19.1. The Bertz CT molecular complexity index is 493. The van der Waals surface area contributed by atoms with E-state index in [2.05, 4.69) is 19.2 Å². The second kappa shape index (κ2) is 6.17. The Hall–Kier alpha value is -1.69. The lowest BCUT2D eigenvalue weighted by Gasteiger charge is -2.33. The van der Waals surface area contributed by atoms with Gasteiger partial charge in [-0.3, -0.25) is 10.1 Å². The minimum Gasteiger partial charge on any atom is -0.380 e. The first-order valence-electron chi connectivity index (χ1n) is 6.79. The van der Waals surface area contributed by atoms with E-state index < -0.39 is 10.7 Å². The second-order valence-corrected chi connectivity index (χ2v) is 5.44. The summed E-state index contributed by atoms with van der Waals surface area (Å²) >= 11 is 0. The molecule has 6 heteroatoms. The normalized spacial score (nSPS) is 22.8. The van der Waals surface area contributed by atoms with Gasteiger partial charge in [0.2, 0.25) is 0 Å². The molecule has 1 heterocycles. The average Bonchev–Trinajstić information content (AvgIpc) is 2.41. The van der Waals surface area contributed by atoms with Gasteiger partial charge in [-0.25, -0.2) is 4.39 Å². The molecule has 0 aliphatic carbocycles. The van der Waals surface area contributed by atoms with Crippen LogP contribution in [0, 0.1) is 21.8 Å². The van der Waals surface area contributed by atoms with Crippen LogP contribution in [0.3, 0.4) is 0 Å². The maximum atomic E-state index is 13.8. The highest BCUT2D eigenvalue weighted by molar-refractivity contribution is 5.50. The third-order valence-corrected chi connectivity index (χ3v) is 3.58. The summed E-state index contributed by atoms with van der Waals surface area (Å²) < 4.78 is 19.5. The van der Waals surface area contributed by atoms with Crippen molar-refractivity contribution >= 4 is 11.4 Å². The molecule has 1 fully saturated rings. The first-order valence-corrected chi connectivity index (χ1v) is 6.79. The van der Waals surface area contributed by atoms with E-state index in [-0.39, 0.29) is 17.8 Å². The third-order valence-electron chi connectivity index (χ3n) is 3.58. The number of anilines is 1. The fourth-order valence-electron chi connectivity index (χ4n) is 2.38. The summed E-state index contributed by atoms with van der Waals surface area (Å²) in [6.45, 7) is 4.84. The standard InChI is InChI=1S/C14H19FN2O3/c1-9(2)14-7-10(5-6-20-14)16-13-4-3-11(17(18)19)8-12(13)15/h3-4,8-10,14,16H,5-7H2,1-2H3. The number of nitro groups is 1. The minimum atomic E-state index is -0.601. The molecule has 2 atom stereocenters. The first kappa shape index (κ1) is 14.7. The number of hydrogen-bond acceptors (Lipinski definition) is 4. The van der Waals surface area contributed by atoms with E-state index in [1.807, 2.05) is 0 Å². The molecule has 1 saturated heterocycles. The van der Waals surface area contributed by atoms with Gasteiger partial charge in [0, 0.05) is 18.7 Å². The van der Waals surface area contributed by atoms with Gasteiger partial charge in [-0.1, -0.05) is 13.8 Å². The van der Waals surface area contributed by atoms with Crippen LogP contribution in [-0.2, 0) is 4.74 Å². The molecule has 2 unspecified atom stereocenters. The quantitative estimate of drug-likeness (QED) is 0.679. The Morgan fingerprint density at radius 2 is 2.25 bits per heavy atom. The Kier molecular flexibility index (Phi) is 4.54. The molecule has 1 aromatic rings. The van der Waals surface area contributed by atoms with Crippen LogP contribution in [0.4, 0.5) is 15.8 Å². The van der Waals surface area contributed by atoms with Crippen molar-refractivity contribution < 1.29 is 14.1 Å². The fourth-order valence-corrected chi connectivity index (χ4v) is 2.38. The summed E-state index contributed by atoms with van der Waals surface area (Å²) in [5, 5.41) is 13.7. The van der Waals surface area contributed by atoms with Gasteiger partial charge in [0.15, 0.2) is 5.82 Å². The van der Waals surface area contributed by atoms with Crippen LogP contribution >= 0.6 is 0 Å². The summed E-state index contributed by atoms with van der Waals surface area (Å²) in [5.41, 5.74) is 0.0742. The van der Waals surface area contributed by atoms with Gasteiger partial charge in [-0.2, -0.15) is 0 Å². The minimum absolute atomic E-state index is 0.132. The molecule has 20 heavy (non-hydrogen) atoms. The molecule has 0 amide bonds. The van der Waals surface area contributed by atoms with Gasteiger partial charge in [0.05, 0.1) is 22.8 Å². The average molecular weight is 282 g/mol. The number of nitrogens with one attached hydrogen (secondary N) is 1. The monoisotopic (exact) mass is 282 g/mol. The maximum Gasteiger partial charge on any atom is 0.272 e. The molecule has 2 rings (SSSR count). The van der Waals surface area contributed by atoms with Crippen LogP contribution in [0.15, 0.2) is 18.2 Å². The number of benzene rings is 1. The van der Waals surface area contributed by atoms with Crippen molar-refractivity contribution in [2.75, 3.05) is 11.9 Å². The molecule has 0 aromatic heterocycles. The molecule has 1 aromatic carbocycles. The molecule has 0 bridgehead atoms. The molecule has 1 aliphatic rings. The highest BCUT2D eigenvalue weighted by Gasteiger charge is 2.25. The van der Waals surface area contributed by atoms with Gasteiger partial charge in [0.1, 0.15) is 0 Å². The fraction of sp³-hybridized carbons (Fsp3) is 0.571. The number of nitro benzene ring substituents is 1. The highest BCUT2D eigenvalue weighted by Crippen LogP contribution is 2.26. The Morgan fingerprint density at radius 3 is 2.85 bits per heavy atom. The van der Waals surface area contributed by atoms with E-state index in [0.29, 0.717) is 18.2 Å². The number of non-ortho nitro benzene ring substituents is 1. The van der Waals surface area contributed by atoms with Gasteiger partial charge in [-0.05, 0) is 24.8 Å². The number of nitrogens with zero attached hydrogens (tertiary/aromatic N) is 1. The van der Waals surface area contributed by atoms with Gasteiger partial charge >= 0.3 is 0 Å². The van der Waals surface area contributed by atoms with Crippen molar-refractivity contribution in [3.05, 3.63) is 34.1 Å². The lowest BCUT2D eigenvalue weighted by Crippen LogP contribution is -2.36. The SMILES string of the molecule is CC(C)C1CC(Nc2ccc([N+](=O)[O-])cc2F)CCO1. The summed E-state index contributed by atoms with van der Waals surface area (Å²) in [6, 6.07) is 3.81. The number of rotatable bonds is 4. The van der Waals surface area contributed by atoms with E-state index >= 15 is 0 Å². The van der Waals surface area contributed by atoms with Crippen molar-refractivity contribution in [1.82, 2.24) is 0 Å². The summed E-state index contributed by atoms with van der Waals surface area (Å²) in [7, 11) is 0. The van der Waals surface area contributed by atoms with Crippen LogP contribution in [0.2, 0.25) is 0 Å². The summed E-state index contributed by atoms with van der Waals surface area (Å²) in [5.74, 6) is -0.173. The van der Waals surface area contributed by atoms with Crippen LogP contribution in [0.5, 0.6) is 0 Å². The van der Waals surface area contributed by atoms with E-state index in [1.165, 1.54) is 12.1 Å². The molecule has 5 nitrogen and oxygen atoms in total. The van der Waals surface area contributed by atoms with E-state index in [0.717, 1.165) is 18.9 Å². The van der Waals surface area contributed by atoms with Crippen molar-refractivity contribution in [3.8, 4) is 0 Å². The molecular weight excluding hydrogens is 263 g/mol. The van der Waals surface area contributed by atoms with E-state index in [4.69, 9.17) is 4.74 Å². The van der Waals surface area contributed by atoms with Crippen molar-refractivity contribution in [2.45, 2.75) is 38.8 Å². The molecule has 110 valence electrons. The molecule has 0 radical (unpaired) electrons. The predicted molar refractivity (Wildman–Crippen MR) is 74.3 cm³/mol. The number of hydrogen-bond donors (Lipinski definition) is 1. The van der Waals surface area contributed by atoms with Gasteiger partial charge in [-0.15, -0.1) is 0 Å². The zero-order chi connectivity index (χ0) is 14.7. The Labute approximate surface area is 117 Å². The lowest BCUT2D eigenvalue weighted by molar-refractivity contribution is -0.385. The van der Waals surface area contributed by atoms with Crippen molar-refractivity contribution in [3.63, 3.8) is 0 Å². The van der Waals surface area contributed by atoms with Gasteiger partial charge < -0.3 is 10.1 Å². The third kappa shape index (κ3) is 3.45. The molecule has 0 saturated carbocycles. The van der Waals surface area contributed by atoms with Crippen LogP contribution < -0.4 is 5.32 Å². The summed E-state index contributed by atoms with van der Waals surface area (Å²) in [4.78, 5) is 9.97. The molecule has 1 aliphatic heterocycles. The Morgan fingerprint density at radius 1 is 1.50 bits per heavy atom. The first-order chi connectivity index (χ1) is 9.47. The van der Waals surface area contributed by atoms with Gasteiger partial charge in [0.25, 0.3) is 5.69 Å². The van der Waals surface area contributed by atoms with Crippen LogP contribution in [-0.4, -0.2) is 23.7 Å². The van der Waals surface area contributed by atoms with E-state index in [1.54, 1.807) is 0 Å². The smallest absolute Gasteiger partial charge is 0.272 e. The lowest BCUT2D eigenvalue weighted by atomic mass is 9.95. The zero-order valence-electron chi connectivity index (χ0n) is 11.6. The van der Waals surface area contributed by atoms with Crippen molar-refractivity contribution in [1.29, 1.82) is 0 Å². The van der Waals surface area contributed by atoms with E-state index in [9.17, 15) is 14.5 Å². The van der Waals surface area contributed by atoms with Crippen LogP contribution in [0.1, 0.15) is 26.7 Å². The zero-order valence-corrected chi connectivity index (χ0v) is 11.6. The summed E-state index contributed by atoms with van der Waals surface area (Å²) in [6.07, 6.45) is 1.79. The topological polar surface area (TPSA) is 64.4 Å². The number of ether oxygens (including phenoxy) is 1. The van der Waals surface area contributed by atoms with Crippen molar-refractivity contribution in [2.24, 2.45) is 5.92 Å². The molecule has 0 spiro atoms. The largest absolute Gasteiger partial charge is 0.380 e.